The highest BCUT2D eigenvalue weighted by Gasteiger charge is 2.23. The zero-order valence-corrected chi connectivity index (χ0v) is 10.9. The van der Waals surface area contributed by atoms with E-state index in [1.807, 2.05) is 17.9 Å². The van der Waals surface area contributed by atoms with Gasteiger partial charge in [-0.1, -0.05) is 0 Å². The molecule has 3 heterocycles. The normalized spacial score (nSPS) is 18.1. The number of aliphatic hydroxyl groups is 1. The van der Waals surface area contributed by atoms with Crippen LogP contribution in [0.4, 0.5) is 5.82 Å². The lowest BCUT2D eigenvalue weighted by Crippen LogP contribution is -2.31. The number of nitrogens with one attached hydrogen (secondary N) is 1. The van der Waals surface area contributed by atoms with Gasteiger partial charge in [0.05, 0.1) is 6.34 Å². The summed E-state index contributed by atoms with van der Waals surface area (Å²) in [5, 5.41) is 14.5. The molecule has 1 atom stereocenters. The van der Waals surface area contributed by atoms with Crippen molar-refractivity contribution in [3.63, 3.8) is 0 Å². The summed E-state index contributed by atoms with van der Waals surface area (Å²) < 4.78 is 0. The van der Waals surface area contributed by atoms with Crippen molar-refractivity contribution in [2.75, 3.05) is 6.54 Å². The third kappa shape index (κ3) is 2.07. The minimum atomic E-state index is -0.596. The Hall–Kier alpha value is -1.59. The second-order valence-electron chi connectivity index (χ2n) is 4.49. The fourth-order valence-corrected chi connectivity index (χ4v) is 2.85. The smallest absolute Gasteiger partial charge is 0.157 e. The first-order chi connectivity index (χ1) is 8.74. The van der Waals surface area contributed by atoms with Gasteiger partial charge < -0.3 is 15.0 Å². The molecular formula is C13H15N3OS. The van der Waals surface area contributed by atoms with Crippen LogP contribution in [-0.2, 0) is 6.42 Å². The Morgan fingerprint density at radius 1 is 1.56 bits per heavy atom. The summed E-state index contributed by atoms with van der Waals surface area (Å²) in [6.07, 6.45) is 2.04. The van der Waals surface area contributed by atoms with Gasteiger partial charge in [-0.3, -0.25) is 0 Å². The molecule has 0 radical (unpaired) electrons. The average Bonchev–Trinajstić information content (AvgIpc) is 2.97. The maximum absolute atomic E-state index is 10.3. The van der Waals surface area contributed by atoms with Crippen LogP contribution in [0.25, 0.3) is 0 Å². The van der Waals surface area contributed by atoms with E-state index < -0.39 is 6.23 Å². The molecule has 3 rings (SSSR count). The molecule has 18 heavy (non-hydrogen) atoms. The molecule has 5 heteroatoms. The minimum absolute atomic E-state index is 0.596. The number of aliphatic imine (C=N–C) groups is 1. The molecule has 2 N–H and O–H groups in total. The van der Waals surface area contributed by atoms with E-state index in [0.717, 1.165) is 30.0 Å². The van der Waals surface area contributed by atoms with Gasteiger partial charge >= 0.3 is 0 Å². The molecule has 0 fully saturated rings. The van der Waals surface area contributed by atoms with E-state index in [-0.39, 0.29) is 0 Å². The molecule has 1 aliphatic rings. The van der Waals surface area contributed by atoms with Crippen molar-refractivity contribution in [3.05, 3.63) is 39.7 Å². The van der Waals surface area contributed by atoms with E-state index in [1.165, 1.54) is 5.56 Å². The lowest BCUT2D eigenvalue weighted by molar-refractivity contribution is 0.0552. The van der Waals surface area contributed by atoms with Crippen LogP contribution in [0.15, 0.2) is 27.9 Å². The quantitative estimate of drug-likeness (QED) is 0.892. The average molecular weight is 261 g/mol. The fraction of sp³-hybridized carbons (Fsp3) is 0.308. The highest BCUT2D eigenvalue weighted by molar-refractivity contribution is 7.07. The van der Waals surface area contributed by atoms with Crippen molar-refractivity contribution in [1.29, 1.82) is 0 Å². The largest absolute Gasteiger partial charge is 0.369 e. The van der Waals surface area contributed by atoms with E-state index >= 15 is 0 Å². The van der Waals surface area contributed by atoms with Gasteiger partial charge in [-0.2, -0.15) is 11.3 Å². The Kier molecular flexibility index (Phi) is 2.93. The predicted molar refractivity (Wildman–Crippen MR) is 73.4 cm³/mol. The van der Waals surface area contributed by atoms with E-state index in [0.29, 0.717) is 0 Å². The monoisotopic (exact) mass is 261 g/mol. The molecule has 94 valence electrons. The maximum Gasteiger partial charge on any atom is 0.157 e. The van der Waals surface area contributed by atoms with Crippen LogP contribution in [-0.4, -0.2) is 27.9 Å². The number of hydrogen-bond acceptors (Lipinski definition) is 4. The third-order valence-electron chi connectivity index (χ3n) is 3.13. The first-order valence-corrected chi connectivity index (χ1v) is 6.87. The van der Waals surface area contributed by atoms with E-state index in [4.69, 9.17) is 0 Å². The Morgan fingerprint density at radius 3 is 3.22 bits per heavy atom. The predicted octanol–water partition coefficient (Wildman–Crippen LogP) is 2.59. The molecule has 0 saturated heterocycles. The third-order valence-corrected chi connectivity index (χ3v) is 3.86. The molecule has 0 spiro atoms. The summed E-state index contributed by atoms with van der Waals surface area (Å²) in [4.78, 5) is 9.34. The standard InChI is InChI=1S/C13H15N3OS/c1-9-6-11-12(15-9)14-8-16(13(11)17)4-2-10-3-5-18-7-10/h3,5-8,13,15,17H,2,4H2,1H3. The maximum atomic E-state index is 10.3. The van der Waals surface area contributed by atoms with Crippen LogP contribution in [0, 0.1) is 6.92 Å². The van der Waals surface area contributed by atoms with E-state index in [2.05, 4.69) is 26.8 Å². The summed E-state index contributed by atoms with van der Waals surface area (Å²) in [6, 6.07) is 4.07. The van der Waals surface area contributed by atoms with E-state index in [9.17, 15) is 5.11 Å². The number of aromatic amines is 1. The van der Waals surface area contributed by atoms with Gasteiger partial charge in [0.25, 0.3) is 0 Å². The number of nitrogens with zero attached hydrogens (tertiary/aromatic N) is 2. The molecule has 1 aliphatic heterocycles. The van der Waals surface area contributed by atoms with Crippen molar-refractivity contribution >= 4 is 23.5 Å². The van der Waals surface area contributed by atoms with Crippen LogP contribution in [0.2, 0.25) is 0 Å². The lowest BCUT2D eigenvalue weighted by Gasteiger charge is -2.28. The van der Waals surface area contributed by atoms with Crippen LogP contribution >= 0.6 is 11.3 Å². The Morgan fingerprint density at radius 2 is 2.44 bits per heavy atom. The molecule has 0 amide bonds. The van der Waals surface area contributed by atoms with Gasteiger partial charge in [0.2, 0.25) is 0 Å². The highest BCUT2D eigenvalue weighted by atomic mass is 32.1. The zero-order chi connectivity index (χ0) is 12.5. The number of aromatic nitrogens is 1. The number of thiophene rings is 1. The number of fused-ring (bicyclic) bond motifs is 1. The molecule has 0 bridgehead atoms. The molecule has 0 aliphatic carbocycles. The van der Waals surface area contributed by atoms with Gasteiger partial charge in [0, 0.05) is 17.8 Å². The van der Waals surface area contributed by atoms with Crippen molar-refractivity contribution in [3.8, 4) is 0 Å². The van der Waals surface area contributed by atoms with Crippen molar-refractivity contribution in [2.24, 2.45) is 4.99 Å². The van der Waals surface area contributed by atoms with Gasteiger partial charge in [0.1, 0.15) is 5.82 Å². The Bertz CT molecular complexity index is 559. The Labute approximate surface area is 110 Å². The van der Waals surface area contributed by atoms with Crippen LogP contribution in [0.3, 0.4) is 0 Å². The summed E-state index contributed by atoms with van der Waals surface area (Å²) in [5.74, 6) is 0.770. The van der Waals surface area contributed by atoms with Gasteiger partial charge in [-0.05, 0) is 41.8 Å². The van der Waals surface area contributed by atoms with Crippen LogP contribution in [0.1, 0.15) is 23.0 Å². The minimum Gasteiger partial charge on any atom is -0.369 e. The number of aliphatic hydroxyl groups excluding tert-OH is 1. The van der Waals surface area contributed by atoms with Gasteiger partial charge in [0.15, 0.2) is 6.23 Å². The van der Waals surface area contributed by atoms with Crippen LogP contribution < -0.4 is 0 Å². The first kappa shape index (κ1) is 11.5. The number of H-pyrrole nitrogens is 1. The summed E-state index contributed by atoms with van der Waals surface area (Å²) in [7, 11) is 0. The molecule has 0 aromatic carbocycles. The lowest BCUT2D eigenvalue weighted by atomic mass is 10.2. The zero-order valence-electron chi connectivity index (χ0n) is 10.1. The second-order valence-corrected chi connectivity index (χ2v) is 5.27. The Balaban J connectivity index is 1.72. The SMILES string of the molecule is Cc1cc2c([nH]1)N=CN(CCc1ccsc1)C2O. The fourth-order valence-electron chi connectivity index (χ4n) is 2.15. The highest BCUT2D eigenvalue weighted by Crippen LogP contribution is 2.31. The van der Waals surface area contributed by atoms with Crippen molar-refractivity contribution < 1.29 is 5.11 Å². The number of aryl methyl sites for hydroxylation is 1. The number of hydrogen-bond donors (Lipinski definition) is 2. The van der Waals surface area contributed by atoms with Gasteiger partial charge in [-0.25, -0.2) is 4.99 Å². The van der Waals surface area contributed by atoms with E-state index in [1.54, 1.807) is 17.7 Å². The topological polar surface area (TPSA) is 51.6 Å². The van der Waals surface area contributed by atoms with Crippen molar-refractivity contribution in [2.45, 2.75) is 19.6 Å². The summed E-state index contributed by atoms with van der Waals surface area (Å²) >= 11 is 1.70. The summed E-state index contributed by atoms with van der Waals surface area (Å²) in [5.41, 5.74) is 3.19. The molecule has 0 saturated carbocycles. The molecule has 1 unspecified atom stereocenters. The molecule has 2 aromatic rings. The second kappa shape index (κ2) is 4.59. The van der Waals surface area contributed by atoms with Gasteiger partial charge in [-0.15, -0.1) is 0 Å². The summed E-state index contributed by atoms with van der Waals surface area (Å²) in [6.45, 7) is 2.74. The molecule has 2 aromatic heterocycles. The number of rotatable bonds is 3. The first-order valence-electron chi connectivity index (χ1n) is 5.92. The molecule has 4 nitrogen and oxygen atoms in total. The molecular weight excluding hydrogens is 246 g/mol. The van der Waals surface area contributed by atoms with Crippen molar-refractivity contribution in [1.82, 2.24) is 9.88 Å². The van der Waals surface area contributed by atoms with Crippen LogP contribution in [0.5, 0.6) is 0 Å².